The Hall–Kier alpha value is -4.83. The quantitative estimate of drug-likeness (QED) is 0.0211. The summed E-state index contributed by atoms with van der Waals surface area (Å²) in [5, 5.41) is 9.72. The van der Waals surface area contributed by atoms with Crippen molar-refractivity contribution in [2.45, 2.75) is 257 Å². The molecule has 2 unspecified atom stereocenters. The van der Waals surface area contributed by atoms with Crippen molar-refractivity contribution in [3.8, 4) is 0 Å². The van der Waals surface area contributed by atoms with Gasteiger partial charge in [0, 0.05) is 12.8 Å². The third-order valence-corrected chi connectivity index (χ3v) is 13.6. The van der Waals surface area contributed by atoms with Crippen LogP contribution in [0.25, 0.3) is 0 Å². The van der Waals surface area contributed by atoms with Crippen LogP contribution in [0.5, 0.6) is 0 Å². The highest BCUT2D eigenvalue weighted by molar-refractivity contribution is 5.71. The van der Waals surface area contributed by atoms with Gasteiger partial charge in [-0.1, -0.05) is 262 Å². The maximum absolute atomic E-state index is 12.9. The number of esters is 2. The summed E-state index contributed by atoms with van der Waals surface area (Å²) >= 11 is 0. The fraction of sp³-hybridized carbons (Fsp3) is 0.635. The molecule has 0 saturated heterocycles. The molecule has 0 bridgehead atoms. The van der Waals surface area contributed by atoms with E-state index < -0.39 is 24.3 Å². The van der Waals surface area contributed by atoms with Gasteiger partial charge in [0.15, 0.2) is 6.10 Å². The number of quaternary nitrogens is 1. The summed E-state index contributed by atoms with van der Waals surface area (Å²) in [7, 11) is 5.95. The Morgan fingerprint density at radius 2 is 0.651 bits per heavy atom. The van der Waals surface area contributed by atoms with E-state index >= 15 is 0 Å². The molecule has 9 heteroatoms. The van der Waals surface area contributed by atoms with Crippen molar-refractivity contribution in [3.63, 3.8) is 0 Å². The van der Waals surface area contributed by atoms with Crippen LogP contribution < -0.4 is 0 Å². The molecule has 83 heavy (non-hydrogen) atoms. The van der Waals surface area contributed by atoms with Gasteiger partial charge in [-0.15, -0.1) is 0 Å². The van der Waals surface area contributed by atoms with Crippen molar-refractivity contribution in [2.24, 2.45) is 0 Å². The molecule has 470 valence electrons. The molecule has 0 rings (SSSR count). The monoisotopic (exact) mass is 1150 g/mol. The number of rotatable bonds is 59. The van der Waals surface area contributed by atoms with Gasteiger partial charge in [0.25, 0.3) is 6.29 Å². The van der Waals surface area contributed by atoms with Crippen LogP contribution >= 0.6 is 0 Å². The molecule has 0 aromatic carbocycles. The first-order valence-corrected chi connectivity index (χ1v) is 33.0. The average molecular weight is 1150 g/mol. The van der Waals surface area contributed by atoms with Gasteiger partial charge < -0.3 is 28.5 Å². The molecule has 1 N–H and O–H groups in total. The Morgan fingerprint density at radius 3 is 0.976 bits per heavy atom. The molecular formula is C74H122NO8+. The second-order valence-electron chi connectivity index (χ2n) is 22.7. The summed E-state index contributed by atoms with van der Waals surface area (Å²) in [6.07, 6.45) is 89.6. The molecule has 0 aromatic rings. The molecule has 0 aromatic heterocycles. The summed E-state index contributed by atoms with van der Waals surface area (Å²) in [5.41, 5.74) is 0. The highest BCUT2D eigenvalue weighted by Crippen LogP contribution is 2.16. The van der Waals surface area contributed by atoms with Gasteiger partial charge >= 0.3 is 17.9 Å². The molecule has 0 aliphatic heterocycles. The van der Waals surface area contributed by atoms with Gasteiger partial charge in [0.05, 0.1) is 34.4 Å². The Morgan fingerprint density at radius 1 is 0.361 bits per heavy atom. The molecule has 0 aliphatic rings. The highest BCUT2D eigenvalue weighted by Gasteiger charge is 2.25. The van der Waals surface area contributed by atoms with Crippen molar-refractivity contribution in [2.75, 3.05) is 47.5 Å². The van der Waals surface area contributed by atoms with Crippen molar-refractivity contribution >= 4 is 17.9 Å². The summed E-state index contributed by atoms with van der Waals surface area (Å²) in [6, 6.07) is 0. The number of carboxylic acids is 1. The molecule has 0 spiro atoms. The second-order valence-corrected chi connectivity index (χ2v) is 22.7. The lowest BCUT2D eigenvalue weighted by molar-refractivity contribution is -0.870. The molecule has 0 aliphatic carbocycles. The van der Waals surface area contributed by atoms with Gasteiger partial charge in [0.2, 0.25) is 0 Å². The van der Waals surface area contributed by atoms with E-state index in [1.807, 2.05) is 21.1 Å². The number of likely N-dealkylation sites (N-methyl/N-ethyl adjacent to an activating group) is 1. The zero-order valence-electron chi connectivity index (χ0n) is 53.5. The maximum atomic E-state index is 12.9. The van der Waals surface area contributed by atoms with Crippen LogP contribution in [0, 0.1) is 0 Å². The summed E-state index contributed by atoms with van der Waals surface area (Å²) in [5.74, 6) is -2.06. The zero-order valence-corrected chi connectivity index (χ0v) is 53.5. The predicted octanol–water partition coefficient (Wildman–Crippen LogP) is 20.3. The number of carbonyl (C=O) groups excluding carboxylic acids is 2. The van der Waals surface area contributed by atoms with Crippen LogP contribution in [0.1, 0.15) is 245 Å². The van der Waals surface area contributed by atoms with E-state index in [9.17, 15) is 19.5 Å². The van der Waals surface area contributed by atoms with Crippen molar-refractivity contribution in [1.82, 2.24) is 0 Å². The van der Waals surface area contributed by atoms with E-state index in [1.54, 1.807) is 0 Å². The standard InChI is InChI=1S/C74H121NO8/c1-6-8-10-12-14-16-18-20-22-24-26-27-28-29-30-31-32-33-34-35-36-37-38-39-40-41-42-43-44-45-47-49-51-53-55-57-59-61-63-65-72(77)83-70(69-82-74(73(78)79)80-67-66-75(3,4)5)68-81-71(76)64-62-60-58-56-54-52-50-48-46-25-23-21-19-17-15-13-11-9-7-2/h8-11,14-17,20-23,26-27,29-30,32-33,35-36,46,48,52,54,70,74H,6-7,12-13,18-19,24-25,28,31,34,37-45,47,49-51,53,55-69H2,1-5H3/p+1/b10-8-,11-9-,16-14-,17-15-,22-20-,23-21-,27-26-,30-29-,33-32-,36-35-,48-46-,54-52-. The minimum atomic E-state index is -1.53. The maximum Gasteiger partial charge on any atom is 0.361 e. The lowest BCUT2D eigenvalue weighted by Crippen LogP contribution is -2.40. The molecule has 9 nitrogen and oxygen atoms in total. The van der Waals surface area contributed by atoms with Crippen LogP contribution in [0.15, 0.2) is 146 Å². The minimum Gasteiger partial charge on any atom is -0.477 e. The van der Waals surface area contributed by atoms with Gasteiger partial charge in [-0.25, -0.2) is 4.79 Å². The smallest absolute Gasteiger partial charge is 0.361 e. The van der Waals surface area contributed by atoms with E-state index in [4.69, 9.17) is 18.9 Å². The second kappa shape index (κ2) is 63.2. The first-order chi connectivity index (χ1) is 40.6. The number of unbranched alkanes of at least 4 members (excludes halogenated alkanes) is 20. The highest BCUT2D eigenvalue weighted by atomic mass is 16.7. The van der Waals surface area contributed by atoms with E-state index in [1.165, 1.54) is 89.9 Å². The molecule has 0 heterocycles. The largest absolute Gasteiger partial charge is 0.477 e. The van der Waals surface area contributed by atoms with Gasteiger partial charge in [-0.2, -0.15) is 0 Å². The molecular weight excluding hydrogens is 1030 g/mol. The van der Waals surface area contributed by atoms with Gasteiger partial charge in [0.1, 0.15) is 13.2 Å². The number of hydrogen-bond donors (Lipinski definition) is 1. The fourth-order valence-corrected chi connectivity index (χ4v) is 8.61. The van der Waals surface area contributed by atoms with Crippen molar-refractivity contribution in [1.29, 1.82) is 0 Å². The van der Waals surface area contributed by atoms with Gasteiger partial charge in [-0.3, -0.25) is 9.59 Å². The average Bonchev–Trinajstić information content (AvgIpc) is 3.46. The lowest BCUT2D eigenvalue weighted by Gasteiger charge is -2.25. The fourth-order valence-electron chi connectivity index (χ4n) is 8.61. The lowest BCUT2D eigenvalue weighted by atomic mass is 10.0. The van der Waals surface area contributed by atoms with Crippen LogP contribution in [0.2, 0.25) is 0 Å². The normalized spacial score (nSPS) is 13.7. The summed E-state index contributed by atoms with van der Waals surface area (Å²) in [4.78, 5) is 37.5. The summed E-state index contributed by atoms with van der Waals surface area (Å²) in [6.45, 7) is 4.60. The van der Waals surface area contributed by atoms with Crippen LogP contribution in [-0.4, -0.2) is 87.4 Å². The minimum absolute atomic E-state index is 0.176. The number of carbonyl (C=O) groups is 3. The Labute approximate surface area is 509 Å². The Kier molecular flexibility index (Phi) is 59.5. The van der Waals surface area contributed by atoms with E-state index in [2.05, 4.69) is 160 Å². The predicted molar refractivity (Wildman–Crippen MR) is 354 cm³/mol. The number of nitrogens with zero attached hydrogens (tertiary/aromatic N) is 1. The number of carboxylic acid groups (broad SMARTS) is 1. The van der Waals surface area contributed by atoms with Crippen LogP contribution in [0.3, 0.4) is 0 Å². The van der Waals surface area contributed by atoms with E-state index in [-0.39, 0.29) is 38.6 Å². The van der Waals surface area contributed by atoms with Crippen LogP contribution in [0.4, 0.5) is 0 Å². The Bertz CT molecular complexity index is 1870. The SMILES string of the molecule is CC/C=C\C/C=C\C/C=C\C/C=C\C/C=C\C/C=C\C/C=C\CCCCCCCCCCCCCCCCCCCC(=O)OC(COC(=O)CCCCC/C=C\C/C=C\C/C=C\C/C=C\C/C=C\CC)COC(OCC[N+](C)(C)C)C(=O)O. The van der Waals surface area contributed by atoms with Crippen molar-refractivity contribution in [3.05, 3.63) is 146 Å². The molecule has 0 radical (unpaired) electrons. The topological polar surface area (TPSA) is 108 Å². The van der Waals surface area contributed by atoms with E-state index in [0.717, 1.165) is 116 Å². The molecule has 0 saturated carbocycles. The molecule has 0 fully saturated rings. The third-order valence-electron chi connectivity index (χ3n) is 13.6. The summed E-state index contributed by atoms with van der Waals surface area (Å²) < 4.78 is 22.9. The third kappa shape index (κ3) is 64.6. The number of hydrogen-bond acceptors (Lipinski definition) is 7. The Balaban J connectivity index is 4.12. The van der Waals surface area contributed by atoms with Gasteiger partial charge in [-0.05, 0) is 116 Å². The molecule has 0 amide bonds. The number of allylic oxidation sites excluding steroid dienone is 24. The van der Waals surface area contributed by atoms with E-state index in [0.29, 0.717) is 23.9 Å². The number of aliphatic carboxylic acids is 1. The van der Waals surface area contributed by atoms with Crippen LogP contribution in [-0.2, 0) is 33.3 Å². The first kappa shape index (κ1) is 78.2. The zero-order chi connectivity index (χ0) is 60.5. The molecule has 2 atom stereocenters. The first-order valence-electron chi connectivity index (χ1n) is 33.0. The van der Waals surface area contributed by atoms with Crippen molar-refractivity contribution < 1.29 is 42.9 Å². The number of ether oxygens (including phenoxy) is 4.